The molecule has 2 aliphatic rings. The molecule has 1 saturated carbocycles. The third-order valence-electron chi connectivity index (χ3n) is 5.16. The Labute approximate surface area is 145 Å². The first kappa shape index (κ1) is 16.6. The van der Waals surface area contributed by atoms with E-state index in [1.807, 2.05) is 18.2 Å². The van der Waals surface area contributed by atoms with Crippen molar-refractivity contribution in [2.24, 2.45) is 0 Å². The molecule has 132 valence electrons. The summed E-state index contributed by atoms with van der Waals surface area (Å²) >= 11 is 0. The van der Waals surface area contributed by atoms with Crippen LogP contribution in [0.15, 0.2) is 48.5 Å². The summed E-state index contributed by atoms with van der Waals surface area (Å²) in [6.45, 7) is 2.05. The van der Waals surface area contributed by atoms with Crippen LogP contribution in [0.4, 0.5) is 13.2 Å². The third kappa shape index (κ3) is 3.58. The van der Waals surface area contributed by atoms with Crippen molar-refractivity contribution in [3.05, 3.63) is 59.7 Å². The predicted octanol–water partition coefficient (Wildman–Crippen LogP) is 4.18. The van der Waals surface area contributed by atoms with E-state index in [-0.39, 0.29) is 0 Å². The van der Waals surface area contributed by atoms with Crippen LogP contribution >= 0.6 is 0 Å². The van der Waals surface area contributed by atoms with E-state index in [1.165, 1.54) is 12.1 Å². The van der Waals surface area contributed by atoms with E-state index in [9.17, 15) is 13.2 Å². The third-order valence-corrected chi connectivity index (χ3v) is 5.16. The monoisotopic (exact) mass is 346 g/mol. The summed E-state index contributed by atoms with van der Waals surface area (Å²) in [5, 5.41) is 7.02. The predicted molar refractivity (Wildman–Crippen MR) is 92.4 cm³/mol. The summed E-state index contributed by atoms with van der Waals surface area (Å²) < 4.78 is 39.1. The Morgan fingerprint density at radius 2 is 1.88 bits per heavy atom. The zero-order valence-electron chi connectivity index (χ0n) is 13.8. The molecule has 2 aromatic carbocycles. The van der Waals surface area contributed by atoms with Gasteiger partial charge in [0, 0.05) is 24.5 Å². The molecular weight excluding hydrogens is 325 g/mol. The maximum Gasteiger partial charge on any atom is 0.416 e. The SMILES string of the molecule is FC(F)(F)c1cccc(-c2ccccc2C2CC2NC2CCNC2)c1. The van der Waals surface area contributed by atoms with Crippen molar-refractivity contribution in [2.45, 2.75) is 37.0 Å². The Balaban J connectivity index is 1.58. The van der Waals surface area contributed by atoms with Gasteiger partial charge in [0.1, 0.15) is 0 Å². The molecule has 1 aliphatic carbocycles. The fraction of sp³-hybridized carbons (Fsp3) is 0.400. The van der Waals surface area contributed by atoms with Crippen molar-refractivity contribution in [1.29, 1.82) is 0 Å². The van der Waals surface area contributed by atoms with Crippen molar-refractivity contribution in [1.82, 2.24) is 10.6 Å². The fourth-order valence-corrected chi connectivity index (χ4v) is 3.77. The van der Waals surface area contributed by atoms with Crippen molar-refractivity contribution in [3.63, 3.8) is 0 Å². The smallest absolute Gasteiger partial charge is 0.315 e. The van der Waals surface area contributed by atoms with Gasteiger partial charge < -0.3 is 10.6 Å². The molecule has 3 unspecified atom stereocenters. The first-order chi connectivity index (χ1) is 12.0. The van der Waals surface area contributed by atoms with Crippen molar-refractivity contribution >= 4 is 0 Å². The van der Waals surface area contributed by atoms with Crippen molar-refractivity contribution < 1.29 is 13.2 Å². The summed E-state index contributed by atoms with van der Waals surface area (Å²) in [7, 11) is 0. The van der Waals surface area contributed by atoms with E-state index in [4.69, 9.17) is 0 Å². The van der Waals surface area contributed by atoms with Crippen molar-refractivity contribution in [3.8, 4) is 11.1 Å². The van der Waals surface area contributed by atoms with Gasteiger partial charge in [-0.05, 0) is 48.2 Å². The van der Waals surface area contributed by atoms with Crippen LogP contribution in [0, 0.1) is 0 Å². The lowest BCUT2D eigenvalue weighted by Crippen LogP contribution is -2.33. The molecule has 1 heterocycles. The minimum absolute atomic E-state index is 0.381. The van der Waals surface area contributed by atoms with Crippen LogP contribution in [0.5, 0.6) is 0 Å². The quantitative estimate of drug-likeness (QED) is 0.868. The highest BCUT2D eigenvalue weighted by atomic mass is 19.4. The number of hydrogen-bond donors (Lipinski definition) is 2. The lowest BCUT2D eigenvalue weighted by Gasteiger charge is -2.14. The number of nitrogens with one attached hydrogen (secondary N) is 2. The van der Waals surface area contributed by atoms with Crippen molar-refractivity contribution in [2.75, 3.05) is 13.1 Å². The lowest BCUT2D eigenvalue weighted by molar-refractivity contribution is -0.137. The molecule has 0 spiro atoms. The van der Waals surface area contributed by atoms with E-state index in [1.54, 1.807) is 6.07 Å². The van der Waals surface area contributed by atoms with Crippen LogP contribution in [0.2, 0.25) is 0 Å². The highest BCUT2D eigenvalue weighted by Gasteiger charge is 2.41. The first-order valence-electron chi connectivity index (χ1n) is 8.76. The maximum absolute atomic E-state index is 13.0. The largest absolute Gasteiger partial charge is 0.416 e. The molecule has 0 aromatic heterocycles. The molecule has 4 rings (SSSR count). The molecule has 25 heavy (non-hydrogen) atoms. The van der Waals surface area contributed by atoms with Gasteiger partial charge >= 0.3 is 6.18 Å². The van der Waals surface area contributed by atoms with E-state index in [0.717, 1.165) is 43.1 Å². The minimum atomic E-state index is -4.32. The molecule has 5 heteroatoms. The minimum Gasteiger partial charge on any atom is -0.315 e. The fourth-order valence-electron chi connectivity index (χ4n) is 3.77. The van der Waals surface area contributed by atoms with Crippen LogP contribution in [0.1, 0.15) is 29.9 Å². The Kier molecular flexibility index (Phi) is 4.29. The zero-order chi connectivity index (χ0) is 17.4. The van der Waals surface area contributed by atoms with E-state index >= 15 is 0 Å². The molecule has 3 atom stereocenters. The Bertz CT molecular complexity index is 751. The van der Waals surface area contributed by atoms with Gasteiger partial charge in [0.2, 0.25) is 0 Å². The van der Waals surface area contributed by atoms with Gasteiger partial charge in [-0.1, -0.05) is 36.4 Å². The summed E-state index contributed by atoms with van der Waals surface area (Å²) in [5.74, 6) is 0.381. The number of hydrogen-bond acceptors (Lipinski definition) is 2. The van der Waals surface area contributed by atoms with Gasteiger partial charge in [0.05, 0.1) is 5.56 Å². The second-order valence-corrected chi connectivity index (χ2v) is 6.97. The lowest BCUT2D eigenvalue weighted by atomic mass is 9.95. The zero-order valence-corrected chi connectivity index (χ0v) is 13.8. The van der Waals surface area contributed by atoms with Gasteiger partial charge in [0.15, 0.2) is 0 Å². The second-order valence-electron chi connectivity index (χ2n) is 6.97. The molecule has 2 N–H and O–H groups in total. The Morgan fingerprint density at radius 3 is 2.64 bits per heavy atom. The molecule has 2 fully saturated rings. The van der Waals surface area contributed by atoms with Gasteiger partial charge in [-0.2, -0.15) is 13.2 Å². The van der Waals surface area contributed by atoms with Gasteiger partial charge in [0.25, 0.3) is 0 Å². The van der Waals surface area contributed by atoms with Crippen LogP contribution < -0.4 is 10.6 Å². The highest BCUT2D eigenvalue weighted by Crippen LogP contribution is 2.45. The van der Waals surface area contributed by atoms with Crippen LogP contribution in [-0.4, -0.2) is 25.2 Å². The van der Waals surface area contributed by atoms with Crippen LogP contribution in [0.25, 0.3) is 11.1 Å². The summed E-state index contributed by atoms with van der Waals surface area (Å²) in [5.41, 5.74) is 2.10. The van der Waals surface area contributed by atoms with Gasteiger partial charge in [-0.3, -0.25) is 0 Å². The number of alkyl halides is 3. The average Bonchev–Trinajstić information content (AvgIpc) is 3.16. The molecule has 2 nitrogen and oxygen atoms in total. The molecule has 0 amide bonds. The molecule has 1 saturated heterocycles. The highest BCUT2D eigenvalue weighted by molar-refractivity contribution is 5.69. The number of rotatable bonds is 4. The number of benzene rings is 2. The first-order valence-corrected chi connectivity index (χ1v) is 8.76. The molecule has 2 aromatic rings. The maximum atomic E-state index is 13.0. The average molecular weight is 346 g/mol. The summed E-state index contributed by atoms with van der Waals surface area (Å²) in [4.78, 5) is 0. The van der Waals surface area contributed by atoms with Crippen LogP contribution in [0.3, 0.4) is 0 Å². The molecular formula is C20H21F3N2. The summed E-state index contributed by atoms with van der Waals surface area (Å²) in [6, 6.07) is 14.4. The van der Waals surface area contributed by atoms with Gasteiger partial charge in [-0.15, -0.1) is 0 Å². The number of halogens is 3. The standard InChI is InChI=1S/C20H21F3N2/c21-20(22,23)14-5-3-4-13(10-14)16-6-1-2-7-17(16)18-11-19(18)25-15-8-9-24-12-15/h1-7,10,15,18-19,24-25H,8-9,11-12H2. The van der Waals surface area contributed by atoms with E-state index in [0.29, 0.717) is 23.6 Å². The summed E-state index contributed by atoms with van der Waals surface area (Å²) in [6.07, 6.45) is -2.13. The van der Waals surface area contributed by atoms with E-state index < -0.39 is 11.7 Å². The van der Waals surface area contributed by atoms with E-state index in [2.05, 4.69) is 16.7 Å². The van der Waals surface area contributed by atoms with Crippen LogP contribution in [-0.2, 0) is 6.18 Å². The topological polar surface area (TPSA) is 24.1 Å². The Hall–Kier alpha value is -1.85. The second kappa shape index (κ2) is 6.46. The molecule has 0 bridgehead atoms. The van der Waals surface area contributed by atoms with Gasteiger partial charge in [-0.25, -0.2) is 0 Å². The Morgan fingerprint density at radius 1 is 1.04 bits per heavy atom. The molecule has 1 aliphatic heterocycles. The normalized spacial score (nSPS) is 26.0. The molecule has 0 radical (unpaired) electrons.